The molecule has 0 bridgehead atoms. The lowest BCUT2D eigenvalue weighted by atomic mass is 10.2. The minimum absolute atomic E-state index is 0.208. The topological polar surface area (TPSA) is 52.2 Å². The Morgan fingerprint density at radius 3 is 3.26 bits per heavy atom. The number of hydrogen-bond acceptors (Lipinski definition) is 4. The molecule has 1 fully saturated rings. The molecule has 2 aromatic heterocycles. The molecule has 0 aromatic carbocycles. The van der Waals surface area contributed by atoms with Crippen molar-refractivity contribution in [1.29, 1.82) is 0 Å². The maximum absolute atomic E-state index is 5.61. The molecular weight excluding hydrogens is 242 g/mol. The van der Waals surface area contributed by atoms with Crippen LogP contribution < -0.4 is 5.32 Å². The Balaban J connectivity index is 1.58. The van der Waals surface area contributed by atoms with Crippen LogP contribution in [0.4, 0.5) is 5.69 Å². The van der Waals surface area contributed by atoms with E-state index in [1.54, 1.807) is 12.5 Å². The summed E-state index contributed by atoms with van der Waals surface area (Å²) in [4.78, 5) is 0. The van der Waals surface area contributed by atoms with Gasteiger partial charge in [0.2, 0.25) is 0 Å². The molecular formula is C14H19N3O2. The zero-order chi connectivity index (χ0) is 13.1. The van der Waals surface area contributed by atoms with E-state index >= 15 is 0 Å². The fraction of sp³-hybridized carbons (Fsp3) is 0.500. The fourth-order valence-electron chi connectivity index (χ4n) is 2.39. The molecule has 3 heterocycles. The molecule has 0 spiro atoms. The molecule has 5 nitrogen and oxygen atoms in total. The van der Waals surface area contributed by atoms with Gasteiger partial charge in [-0.1, -0.05) is 0 Å². The first-order chi connectivity index (χ1) is 9.31. The molecule has 0 saturated carbocycles. The van der Waals surface area contributed by atoms with E-state index in [0.717, 1.165) is 37.2 Å². The first-order valence-electron chi connectivity index (χ1n) is 6.74. The van der Waals surface area contributed by atoms with Crippen LogP contribution in [0, 0.1) is 0 Å². The van der Waals surface area contributed by atoms with Crippen LogP contribution in [0.2, 0.25) is 0 Å². The van der Waals surface area contributed by atoms with Gasteiger partial charge >= 0.3 is 0 Å². The van der Waals surface area contributed by atoms with Crippen molar-refractivity contribution in [3.05, 3.63) is 36.5 Å². The van der Waals surface area contributed by atoms with Gasteiger partial charge in [0.05, 0.1) is 43.1 Å². The normalized spacial score (nSPS) is 20.6. The number of nitrogens with one attached hydrogen (secondary N) is 1. The van der Waals surface area contributed by atoms with Gasteiger partial charge in [-0.2, -0.15) is 5.10 Å². The molecule has 2 unspecified atom stereocenters. The Morgan fingerprint density at radius 2 is 2.53 bits per heavy atom. The number of nitrogens with zero attached hydrogens (tertiary/aromatic N) is 2. The van der Waals surface area contributed by atoms with E-state index in [4.69, 9.17) is 9.15 Å². The minimum Gasteiger partial charge on any atom is -0.472 e. The van der Waals surface area contributed by atoms with E-state index < -0.39 is 0 Å². The third-order valence-electron chi connectivity index (χ3n) is 3.47. The number of hydrogen-bond donors (Lipinski definition) is 1. The van der Waals surface area contributed by atoms with Gasteiger partial charge < -0.3 is 14.5 Å². The van der Waals surface area contributed by atoms with Crippen molar-refractivity contribution in [3.8, 4) is 0 Å². The van der Waals surface area contributed by atoms with Gasteiger partial charge in [-0.05, 0) is 25.8 Å². The molecule has 2 atom stereocenters. The van der Waals surface area contributed by atoms with Crippen LogP contribution in [-0.2, 0) is 11.3 Å². The van der Waals surface area contributed by atoms with Crippen LogP contribution in [0.5, 0.6) is 0 Å². The van der Waals surface area contributed by atoms with Crippen LogP contribution in [0.1, 0.15) is 31.4 Å². The second-order valence-electron chi connectivity index (χ2n) is 5.01. The molecule has 3 rings (SSSR count). The maximum Gasteiger partial charge on any atom is 0.0955 e. The third-order valence-corrected chi connectivity index (χ3v) is 3.47. The zero-order valence-corrected chi connectivity index (χ0v) is 11.1. The van der Waals surface area contributed by atoms with Gasteiger partial charge in [-0.3, -0.25) is 4.68 Å². The summed E-state index contributed by atoms with van der Waals surface area (Å²) in [6.45, 7) is 3.82. The Labute approximate surface area is 112 Å². The molecule has 0 amide bonds. The quantitative estimate of drug-likeness (QED) is 0.899. The number of rotatable bonds is 5. The van der Waals surface area contributed by atoms with Crippen molar-refractivity contribution in [3.63, 3.8) is 0 Å². The number of furan rings is 1. The smallest absolute Gasteiger partial charge is 0.0955 e. The standard InChI is InChI=1S/C14H19N3O2/c1-11(12-4-6-18-10-12)16-13-7-15-17(8-13)9-14-3-2-5-19-14/h4,6-8,10-11,14,16H,2-3,5,9H2,1H3. The molecule has 102 valence electrons. The van der Waals surface area contributed by atoms with Crippen LogP contribution in [0.3, 0.4) is 0 Å². The second kappa shape index (κ2) is 5.48. The molecule has 1 aliphatic rings. The number of anilines is 1. The SMILES string of the molecule is CC(Nc1cnn(CC2CCCO2)c1)c1ccoc1. The Kier molecular flexibility index (Phi) is 3.55. The monoisotopic (exact) mass is 261 g/mol. The minimum atomic E-state index is 0.208. The summed E-state index contributed by atoms with van der Waals surface area (Å²) in [6.07, 6.45) is 9.94. The van der Waals surface area contributed by atoms with Gasteiger partial charge in [0.25, 0.3) is 0 Å². The van der Waals surface area contributed by atoms with Crippen molar-refractivity contribution >= 4 is 5.69 Å². The van der Waals surface area contributed by atoms with Gasteiger partial charge in [0.1, 0.15) is 0 Å². The van der Waals surface area contributed by atoms with Crippen LogP contribution in [0.15, 0.2) is 35.4 Å². The maximum atomic E-state index is 5.61. The average Bonchev–Trinajstić information content (AvgIpc) is 3.10. The van der Waals surface area contributed by atoms with E-state index in [2.05, 4.69) is 17.3 Å². The van der Waals surface area contributed by atoms with Crippen LogP contribution in [0.25, 0.3) is 0 Å². The van der Waals surface area contributed by atoms with E-state index in [9.17, 15) is 0 Å². The summed E-state index contributed by atoms with van der Waals surface area (Å²) in [5, 5.41) is 7.77. The highest BCUT2D eigenvalue weighted by molar-refractivity contribution is 5.41. The molecule has 19 heavy (non-hydrogen) atoms. The molecule has 1 N–H and O–H groups in total. The van der Waals surface area contributed by atoms with Gasteiger partial charge in [0.15, 0.2) is 0 Å². The predicted molar refractivity (Wildman–Crippen MR) is 71.9 cm³/mol. The summed E-state index contributed by atoms with van der Waals surface area (Å²) < 4.78 is 12.6. The average molecular weight is 261 g/mol. The lowest BCUT2D eigenvalue weighted by Gasteiger charge is -2.11. The zero-order valence-electron chi connectivity index (χ0n) is 11.1. The Hall–Kier alpha value is -1.75. The van der Waals surface area contributed by atoms with Crippen molar-refractivity contribution in [1.82, 2.24) is 9.78 Å². The van der Waals surface area contributed by atoms with E-state index in [-0.39, 0.29) is 6.04 Å². The summed E-state index contributed by atoms with van der Waals surface area (Å²) in [5.41, 5.74) is 2.15. The van der Waals surface area contributed by atoms with Gasteiger partial charge in [0, 0.05) is 18.4 Å². The Morgan fingerprint density at radius 1 is 1.58 bits per heavy atom. The van der Waals surface area contributed by atoms with Crippen molar-refractivity contribution in [2.24, 2.45) is 0 Å². The lowest BCUT2D eigenvalue weighted by molar-refractivity contribution is 0.0940. The summed E-state index contributed by atoms with van der Waals surface area (Å²) in [5.74, 6) is 0. The third kappa shape index (κ3) is 2.98. The number of aromatic nitrogens is 2. The van der Waals surface area contributed by atoms with E-state index in [1.165, 1.54) is 0 Å². The second-order valence-corrected chi connectivity index (χ2v) is 5.01. The fourth-order valence-corrected chi connectivity index (χ4v) is 2.39. The lowest BCUT2D eigenvalue weighted by Crippen LogP contribution is -2.15. The molecule has 1 aliphatic heterocycles. The van der Waals surface area contributed by atoms with E-state index in [0.29, 0.717) is 6.10 Å². The molecule has 2 aromatic rings. The number of ether oxygens (including phenoxy) is 1. The van der Waals surface area contributed by atoms with Crippen LogP contribution >= 0.6 is 0 Å². The summed E-state index contributed by atoms with van der Waals surface area (Å²) >= 11 is 0. The highest BCUT2D eigenvalue weighted by Crippen LogP contribution is 2.20. The summed E-state index contributed by atoms with van der Waals surface area (Å²) in [7, 11) is 0. The highest BCUT2D eigenvalue weighted by atomic mass is 16.5. The van der Waals surface area contributed by atoms with Crippen molar-refractivity contribution in [2.45, 2.75) is 38.5 Å². The van der Waals surface area contributed by atoms with Crippen LogP contribution in [-0.4, -0.2) is 22.5 Å². The Bertz CT molecular complexity index is 501. The van der Waals surface area contributed by atoms with Crippen molar-refractivity contribution < 1.29 is 9.15 Å². The largest absolute Gasteiger partial charge is 0.472 e. The first kappa shape index (κ1) is 12.3. The molecule has 0 aliphatic carbocycles. The summed E-state index contributed by atoms with van der Waals surface area (Å²) in [6, 6.07) is 2.17. The van der Waals surface area contributed by atoms with Gasteiger partial charge in [-0.15, -0.1) is 0 Å². The molecule has 1 saturated heterocycles. The predicted octanol–water partition coefficient (Wildman–Crippen LogP) is 2.83. The molecule has 0 radical (unpaired) electrons. The molecule has 5 heteroatoms. The first-order valence-corrected chi connectivity index (χ1v) is 6.74. The van der Waals surface area contributed by atoms with Crippen molar-refractivity contribution in [2.75, 3.05) is 11.9 Å². The highest BCUT2D eigenvalue weighted by Gasteiger charge is 2.16. The van der Waals surface area contributed by atoms with Gasteiger partial charge in [-0.25, -0.2) is 0 Å². The van der Waals surface area contributed by atoms with E-state index in [1.807, 2.05) is 23.1 Å².